The van der Waals surface area contributed by atoms with E-state index in [0.29, 0.717) is 17.3 Å². The van der Waals surface area contributed by atoms with Crippen LogP contribution in [0.4, 0.5) is 0 Å². The molecule has 0 unspecified atom stereocenters. The number of carbonyl (C=O) groups is 1. The van der Waals surface area contributed by atoms with Crippen LogP contribution in [-0.2, 0) is 11.8 Å². The van der Waals surface area contributed by atoms with Crippen molar-refractivity contribution in [2.45, 2.75) is 6.92 Å². The number of nitrogens with zero attached hydrogens (tertiary/aromatic N) is 3. The fourth-order valence-electron chi connectivity index (χ4n) is 2.04. The average molecular weight is 287 g/mol. The van der Waals surface area contributed by atoms with Gasteiger partial charge in [-0.1, -0.05) is 12.1 Å². The minimum absolute atomic E-state index is 0.347. The predicted molar refractivity (Wildman–Crippen MR) is 77.8 cm³/mol. The molecule has 0 spiro atoms. The van der Waals surface area contributed by atoms with Crippen molar-refractivity contribution in [2.24, 2.45) is 7.05 Å². The summed E-state index contributed by atoms with van der Waals surface area (Å²) in [6.07, 6.45) is 0. The number of ether oxygens (including phenoxy) is 1. The molecule has 3 aromatic rings. The predicted octanol–water partition coefficient (Wildman–Crippen LogP) is 2.87. The van der Waals surface area contributed by atoms with Gasteiger partial charge in [-0.15, -0.1) is 11.3 Å². The molecule has 3 rings (SSSR count). The maximum Gasteiger partial charge on any atom is 0.367 e. The zero-order valence-corrected chi connectivity index (χ0v) is 12.0. The Kier molecular flexibility index (Phi) is 3.23. The third kappa shape index (κ3) is 2.08. The van der Waals surface area contributed by atoms with Crippen molar-refractivity contribution >= 4 is 28.3 Å². The Balaban J connectivity index is 2.03. The number of imidazole rings is 1. The summed E-state index contributed by atoms with van der Waals surface area (Å²) in [6, 6.07) is 7.88. The first kappa shape index (κ1) is 12.8. The van der Waals surface area contributed by atoms with Gasteiger partial charge in [-0.2, -0.15) is 0 Å². The topological polar surface area (TPSA) is 57.0 Å². The van der Waals surface area contributed by atoms with E-state index in [-0.39, 0.29) is 5.97 Å². The lowest BCUT2D eigenvalue weighted by molar-refractivity contribution is 0.0526. The second-order valence-electron chi connectivity index (χ2n) is 4.24. The number of carbonyl (C=O) groups excluding carboxylic acids is 1. The number of hydrogen-bond donors (Lipinski definition) is 0. The fraction of sp³-hybridized carbons (Fsp3) is 0.214. The van der Waals surface area contributed by atoms with Gasteiger partial charge in [-0.3, -0.25) is 0 Å². The monoisotopic (exact) mass is 287 g/mol. The molecule has 1 aromatic carbocycles. The second kappa shape index (κ2) is 5.05. The van der Waals surface area contributed by atoms with Crippen molar-refractivity contribution in [1.82, 2.24) is 14.5 Å². The van der Waals surface area contributed by atoms with E-state index >= 15 is 0 Å². The molecule has 0 saturated carbocycles. The smallest absolute Gasteiger partial charge is 0.367 e. The number of aromatic nitrogens is 3. The van der Waals surface area contributed by atoms with Gasteiger partial charge in [0.05, 0.1) is 17.6 Å². The molecule has 2 aromatic heterocycles. The summed E-state index contributed by atoms with van der Waals surface area (Å²) in [5.74, 6) is 0.362. The quantitative estimate of drug-likeness (QED) is 0.695. The Morgan fingerprint density at radius 1 is 1.35 bits per heavy atom. The van der Waals surface area contributed by atoms with Crippen molar-refractivity contribution < 1.29 is 9.53 Å². The maximum atomic E-state index is 11.6. The van der Waals surface area contributed by atoms with E-state index in [9.17, 15) is 4.79 Å². The molecule has 2 heterocycles. The molecule has 0 fully saturated rings. The number of fused-ring (bicyclic) bond motifs is 1. The van der Waals surface area contributed by atoms with E-state index in [1.54, 1.807) is 6.92 Å². The van der Waals surface area contributed by atoms with Crippen LogP contribution < -0.4 is 0 Å². The number of para-hydroxylation sites is 2. The zero-order chi connectivity index (χ0) is 14.1. The van der Waals surface area contributed by atoms with Crippen molar-refractivity contribution in [3.05, 3.63) is 34.7 Å². The lowest BCUT2D eigenvalue weighted by atomic mass is 10.3. The first-order valence-electron chi connectivity index (χ1n) is 6.25. The summed E-state index contributed by atoms with van der Waals surface area (Å²) in [6.45, 7) is 2.12. The fourth-order valence-corrected chi connectivity index (χ4v) is 2.73. The molecule has 0 aliphatic carbocycles. The highest BCUT2D eigenvalue weighted by atomic mass is 32.1. The number of thiazole rings is 1. The second-order valence-corrected chi connectivity index (χ2v) is 5.10. The minimum Gasteiger partial charge on any atom is -0.461 e. The molecule has 6 heteroatoms. The molecule has 0 aliphatic heterocycles. The number of aryl methyl sites for hydroxylation is 1. The van der Waals surface area contributed by atoms with Crippen LogP contribution in [0.25, 0.3) is 22.6 Å². The Hall–Kier alpha value is -2.21. The molecule has 102 valence electrons. The summed E-state index contributed by atoms with van der Waals surface area (Å²) >= 11 is 1.27. The maximum absolute atomic E-state index is 11.6. The van der Waals surface area contributed by atoms with E-state index in [0.717, 1.165) is 16.9 Å². The Bertz CT molecular complexity index is 776. The first-order chi connectivity index (χ1) is 9.70. The van der Waals surface area contributed by atoms with E-state index in [1.807, 2.05) is 41.3 Å². The number of esters is 1. The normalized spacial score (nSPS) is 10.9. The molecule has 0 saturated heterocycles. The van der Waals surface area contributed by atoms with Crippen LogP contribution in [0.2, 0.25) is 0 Å². The summed E-state index contributed by atoms with van der Waals surface area (Å²) in [7, 11) is 1.94. The van der Waals surface area contributed by atoms with Crippen LogP contribution in [0.1, 0.15) is 16.7 Å². The standard InChI is InChI=1S/C14H13N3O2S/c1-3-19-14(18)13-16-10(8-20-13)12-15-9-6-4-5-7-11(9)17(12)2/h4-8H,3H2,1-2H3. The number of rotatable bonds is 3. The van der Waals surface area contributed by atoms with Crippen LogP contribution in [0, 0.1) is 0 Å². The van der Waals surface area contributed by atoms with Gasteiger partial charge in [-0.05, 0) is 19.1 Å². The summed E-state index contributed by atoms with van der Waals surface area (Å²) in [4.78, 5) is 20.5. The van der Waals surface area contributed by atoms with Crippen molar-refractivity contribution in [2.75, 3.05) is 6.61 Å². The molecule has 5 nitrogen and oxygen atoms in total. The van der Waals surface area contributed by atoms with Crippen molar-refractivity contribution in [3.63, 3.8) is 0 Å². The van der Waals surface area contributed by atoms with Crippen LogP contribution >= 0.6 is 11.3 Å². The lowest BCUT2D eigenvalue weighted by Crippen LogP contribution is -2.04. The van der Waals surface area contributed by atoms with Crippen LogP contribution in [0.3, 0.4) is 0 Å². The third-order valence-electron chi connectivity index (χ3n) is 2.97. The van der Waals surface area contributed by atoms with Crippen molar-refractivity contribution in [3.8, 4) is 11.5 Å². The molecule has 0 aliphatic rings. The molecule has 0 atom stereocenters. The summed E-state index contributed by atoms with van der Waals surface area (Å²) < 4.78 is 6.92. The highest BCUT2D eigenvalue weighted by Crippen LogP contribution is 2.25. The lowest BCUT2D eigenvalue weighted by Gasteiger charge is -1.98. The molecule has 0 N–H and O–H groups in total. The Morgan fingerprint density at radius 3 is 2.90 bits per heavy atom. The van der Waals surface area contributed by atoms with E-state index in [1.165, 1.54) is 11.3 Å². The largest absolute Gasteiger partial charge is 0.461 e. The molecule has 20 heavy (non-hydrogen) atoms. The van der Waals surface area contributed by atoms with Gasteiger partial charge in [0.25, 0.3) is 0 Å². The summed E-state index contributed by atoms with van der Waals surface area (Å²) in [5.41, 5.74) is 2.64. The molecule has 0 bridgehead atoms. The van der Waals surface area contributed by atoms with E-state index in [2.05, 4.69) is 9.97 Å². The van der Waals surface area contributed by atoms with Crippen LogP contribution in [-0.4, -0.2) is 27.1 Å². The minimum atomic E-state index is -0.387. The summed E-state index contributed by atoms with van der Waals surface area (Å²) in [5, 5.41) is 2.18. The first-order valence-corrected chi connectivity index (χ1v) is 7.13. The van der Waals surface area contributed by atoms with Gasteiger partial charge in [-0.25, -0.2) is 14.8 Å². The SMILES string of the molecule is CCOC(=O)c1nc(-c2nc3ccccc3n2C)cs1. The molecule has 0 amide bonds. The van der Waals surface area contributed by atoms with Gasteiger partial charge in [0.15, 0.2) is 5.82 Å². The highest BCUT2D eigenvalue weighted by molar-refractivity contribution is 7.11. The van der Waals surface area contributed by atoms with Gasteiger partial charge in [0.2, 0.25) is 5.01 Å². The van der Waals surface area contributed by atoms with Gasteiger partial charge in [0.1, 0.15) is 5.69 Å². The van der Waals surface area contributed by atoms with Gasteiger partial charge in [0, 0.05) is 12.4 Å². The number of hydrogen-bond acceptors (Lipinski definition) is 5. The molecule has 0 radical (unpaired) electrons. The van der Waals surface area contributed by atoms with E-state index < -0.39 is 0 Å². The third-order valence-corrected chi connectivity index (χ3v) is 3.79. The van der Waals surface area contributed by atoms with Crippen LogP contribution in [0.5, 0.6) is 0 Å². The highest BCUT2D eigenvalue weighted by Gasteiger charge is 2.16. The number of benzene rings is 1. The molecular formula is C14H13N3O2S. The van der Waals surface area contributed by atoms with Crippen molar-refractivity contribution in [1.29, 1.82) is 0 Å². The van der Waals surface area contributed by atoms with E-state index in [4.69, 9.17) is 4.74 Å². The van der Waals surface area contributed by atoms with Crippen LogP contribution in [0.15, 0.2) is 29.6 Å². The van der Waals surface area contributed by atoms with Gasteiger partial charge < -0.3 is 9.30 Å². The van der Waals surface area contributed by atoms with Gasteiger partial charge >= 0.3 is 5.97 Å². The zero-order valence-electron chi connectivity index (χ0n) is 11.2. The Labute approximate surface area is 119 Å². The average Bonchev–Trinajstić information content (AvgIpc) is 3.05. The Morgan fingerprint density at radius 2 is 2.15 bits per heavy atom. The molecular weight excluding hydrogens is 274 g/mol.